The molecule has 34 heavy (non-hydrogen) atoms. The van der Waals surface area contributed by atoms with Gasteiger partial charge >= 0.3 is 12.3 Å². The molecular weight excluding hydrogens is 471 g/mol. The lowest BCUT2D eigenvalue weighted by atomic mass is 9.87. The summed E-state index contributed by atoms with van der Waals surface area (Å²) >= 11 is 6.02. The van der Waals surface area contributed by atoms with E-state index in [1.54, 1.807) is 31.9 Å². The second-order valence-electron chi connectivity index (χ2n) is 9.31. The van der Waals surface area contributed by atoms with Crippen LogP contribution in [0.3, 0.4) is 0 Å². The van der Waals surface area contributed by atoms with E-state index >= 15 is 0 Å². The van der Waals surface area contributed by atoms with Crippen molar-refractivity contribution in [3.63, 3.8) is 0 Å². The number of amides is 1. The standard InChI is InChI=1S/C24H25ClF3N3O3/c1-23(2,3)34-22(32)31(14-15-5-4-9-30-10-8-29-21(15)30)17-12-18(13-17)33-20-7-6-16(11-19(20)25)24(26,27)28/h4-11,17-18H,12-14H2,1-3H3/t17-,18-. The first kappa shape index (κ1) is 24.2. The highest BCUT2D eigenvalue weighted by molar-refractivity contribution is 6.32. The van der Waals surface area contributed by atoms with Crippen LogP contribution in [0.2, 0.25) is 5.02 Å². The molecule has 0 aliphatic heterocycles. The molecule has 0 atom stereocenters. The van der Waals surface area contributed by atoms with E-state index in [-0.39, 0.29) is 22.9 Å². The molecule has 0 spiro atoms. The monoisotopic (exact) mass is 495 g/mol. The molecule has 10 heteroatoms. The second-order valence-corrected chi connectivity index (χ2v) is 9.72. The number of fused-ring (bicyclic) bond motifs is 1. The summed E-state index contributed by atoms with van der Waals surface area (Å²) in [6, 6.07) is 6.65. The molecule has 0 N–H and O–H groups in total. The van der Waals surface area contributed by atoms with Crippen LogP contribution in [0, 0.1) is 0 Å². The van der Waals surface area contributed by atoms with Crippen LogP contribution in [0.4, 0.5) is 18.0 Å². The van der Waals surface area contributed by atoms with E-state index in [2.05, 4.69) is 4.98 Å². The molecule has 1 amide bonds. The van der Waals surface area contributed by atoms with Crippen LogP contribution in [-0.4, -0.2) is 38.1 Å². The second kappa shape index (κ2) is 9.02. The number of halogens is 4. The lowest BCUT2D eigenvalue weighted by molar-refractivity contribution is -0.137. The number of pyridine rings is 1. The van der Waals surface area contributed by atoms with E-state index < -0.39 is 23.4 Å². The van der Waals surface area contributed by atoms with Crippen molar-refractivity contribution < 1.29 is 27.4 Å². The predicted molar refractivity (Wildman–Crippen MR) is 121 cm³/mol. The van der Waals surface area contributed by atoms with Crippen LogP contribution in [0.25, 0.3) is 5.65 Å². The van der Waals surface area contributed by atoms with Crippen LogP contribution in [-0.2, 0) is 17.5 Å². The molecule has 0 radical (unpaired) electrons. The zero-order chi connectivity index (χ0) is 24.7. The Labute approximate surface area is 200 Å². The number of imidazole rings is 1. The number of nitrogens with zero attached hydrogens (tertiary/aromatic N) is 3. The van der Waals surface area contributed by atoms with Gasteiger partial charge in [-0.05, 0) is 45.0 Å². The quantitative estimate of drug-likeness (QED) is 0.413. The fraction of sp³-hybridized carbons (Fsp3) is 0.417. The number of carbonyl (C=O) groups excluding carboxylic acids is 1. The van der Waals surface area contributed by atoms with Gasteiger partial charge in [-0.2, -0.15) is 13.2 Å². The molecule has 1 saturated carbocycles. The highest BCUT2D eigenvalue weighted by atomic mass is 35.5. The minimum atomic E-state index is -4.48. The third kappa shape index (κ3) is 5.41. The molecule has 1 aliphatic rings. The van der Waals surface area contributed by atoms with Crippen LogP contribution in [0.1, 0.15) is 44.7 Å². The Hall–Kier alpha value is -2.94. The van der Waals surface area contributed by atoms with E-state index in [1.807, 2.05) is 28.9 Å². The van der Waals surface area contributed by atoms with Crippen LogP contribution in [0.5, 0.6) is 5.75 Å². The van der Waals surface area contributed by atoms with Crippen molar-refractivity contribution in [1.29, 1.82) is 0 Å². The average Bonchev–Trinajstić information content (AvgIpc) is 3.17. The third-order valence-electron chi connectivity index (χ3n) is 5.53. The van der Waals surface area contributed by atoms with Gasteiger partial charge in [-0.1, -0.05) is 17.7 Å². The number of rotatable bonds is 5. The molecule has 182 valence electrons. The first-order valence-electron chi connectivity index (χ1n) is 10.8. The predicted octanol–water partition coefficient (Wildman–Crippen LogP) is 6.35. The fourth-order valence-corrected chi connectivity index (χ4v) is 4.04. The van der Waals surface area contributed by atoms with Gasteiger partial charge < -0.3 is 18.8 Å². The molecule has 1 aliphatic carbocycles. The molecule has 2 heterocycles. The Balaban J connectivity index is 1.47. The maximum atomic E-state index is 13.0. The average molecular weight is 496 g/mol. The van der Waals surface area contributed by atoms with Gasteiger partial charge in [-0.15, -0.1) is 0 Å². The largest absolute Gasteiger partial charge is 0.489 e. The molecule has 2 aromatic heterocycles. The zero-order valence-electron chi connectivity index (χ0n) is 19.0. The molecule has 4 rings (SSSR count). The van der Waals surface area contributed by atoms with Crippen molar-refractivity contribution in [2.45, 2.75) is 64.1 Å². The zero-order valence-corrected chi connectivity index (χ0v) is 19.7. The van der Waals surface area contributed by atoms with Gasteiger partial charge in [-0.3, -0.25) is 0 Å². The summed E-state index contributed by atoms with van der Waals surface area (Å²) in [7, 11) is 0. The van der Waals surface area contributed by atoms with Crippen molar-refractivity contribution in [1.82, 2.24) is 14.3 Å². The van der Waals surface area contributed by atoms with Crippen molar-refractivity contribution >= 4 is 23.3 Å². The Kier molecular flexibility index (Phi) is 6.42. The van der Waals surface area contributed by atoms with Gasteiger partial charge in [0.1, 0.15) is 23.1 Å². The summed E-state index contributed by atoms with van der Waals surface area (Å²) in [5.41, 5.74) is 0.121. The molecular formula is C24H25ClF3N3O3. The van der Waals surface area contributed by atoms with Crippen LogP contribution >= 0.6 is 11.6 Å². The summed E-state index contributed by atoms with van der Waals surface area (Å²) < 4.78 is 52.0. The molecule has 1 aromatic carbocycles. The first-order chi connectivity index (χ1) is 15.9. The molecule has 0 saturated heterocycles. The van der Waals surface area contributed by atoms with Crippen LogP contribution in [0.15, 0.2) is 48.9 Å². The Bertz CT molecular complexity index is 1180. The minimum Gasteiger partial charge on any atom is -0.489 e. The minimum absolute atomic E-state index is 0.103. The summed E-state index contributed by atoms with van der Waals surface area (Å²) in [6.07, 6.45) is 1.18. The normalized spacial score (nSPS) is 18.4. The fourth-order valence-electron chi connectivity index (χ4n) is 3.82. The molecule has 1 fully saturated rings. The number of ether oxygens (including phenoxy) is 2. The third-order valence-corrected chi connectivity index (χ3v) is 5.83. The van der Waals surface area contributed by atoms with E-state index in [1.165, 1.54) is 6.07 Å². The summed E-state index contributed by atoms with van der Waals surface area (Å²) in [5.74, 6) is 0.184. The van der Waals surface area contributed by atoms with Gasteiger partial charge in [0.2, 0.25) is 0 Å². The topological polar surface area (TPSA) is 56.1 Å². The number of hydrogen-bond acceptors (Lipinski definition) is 4. The van der Waals surface area contributed by atoms with E-state index in [0.29, 0.717) is 19.4 Å². The summed E-state index contributed by atoms with van der Waals surface area (Å²) in [4.78, 5) is 19.1. The lowest BCUT2D eigenvalue weighted by Crippen LogP contribution is -2.52. The van der Waals surface area contributed by atoms with Crippen molar-refractivity contribution in [2.75, 3.05) is 0 Å². The highest BCUT2D eigenvalue weighted by Gasteiger charge is 2.40. The number of alkyl halides is 3. The number of hydrogen-bond donors (Lipinski definition) is 0. The van der Waals surface area contributed by atoms with E-state index in [0.717, 1.165) is 23.3 Å². The molecule has 0 bridgehead atoms. The number of carbonyl (C=O) groups is 1. The van der Waals surface area contributed by atoms with Gasteiger partial charge in [0, 0.05) is 43.0 Å². The maximum Gasteiger partial charge on any atom is 0.416 e. The van der Waals surface area contributed by atoms with Gasteiger partial charge in [-0.25, -0.2) is 9.78 Å². The lowest BCUT2D eigenvalue weighted by Gasteiger charge is -2.43. The van der Waals surface area contributed by atoms with Crippen LogP contribution < -0.4 is 4.74 Å². The van der Waals surface area contributed by atoms with E-state index in [4.69, 9.17) is 21.1 Å². The highest BCUT2D eigenvalue weighted by Crippen LogP contribution is 2.38. The Morgan fingerprint density at radius 1 is 1.21 bits per heavy atom. The Morgan fingerprint density at radius 2 is 1.94 bits per heavy atom. The van der Waals surface area contributed by atoms with Gasteiger partial charge in [0.15, 0.2) is 0 Å². The van der Waals surface area contributed by atoms with Gasteiger partial charge in [0.25, 0.3) is 0 Å². The first-order valence-corrected chi connectivity index (χ1v) is 11.2. The summed E-state index contributed by atoms with van der Waals surface area (Å²) in [6.45, 7) is 5.71. The number of benzene rings is 1. The van der Waals surface area contributed by atoms with E-state index in [9.17, 15) is 18.0 Å². The Morgan fingerprint density at radius 3 is 2.59 bits per heavy atom. The smallest absolute Gasteiger partial charge is 0.416 e. The molecule has 0 unspecified atom stereocenters. The van der Waals surface area contributed by atoms with Gasteiger partial charge in [0.05, 0.1) is 17.1 Å². The SMILES string of the molecule is CC(C)(C)OC(=O)N(Cc1cccn2ccnc12)[C@H]1C[C@H](Oc2ccc(C(F)(F)F)cc2Cl)C1. The van der Waals surface area contributed by atoms with Crippen molar-refractivity contribution in [2.24, 2.45) is 0 Å². The molecule has 3 aromatic rings. The summed E-state index contributed by atoms with van der Waals surface area (Å²) in [5, 5.41) is -0.103. The molecule has 6 nitrogen and oxygen atoms in total. The van der Waals surface area contributed by atoms with Crippen molar-refractivity contribution in [3.8, 4) is 5.75 Å². The van der Waals surface area contributed by atoms with Crippen molar-refractivity contribution in [3.05, 3.63) is 65.1 Å². The maximum absolute atomic E-state index is 13.0. The number of aromatic nitrogens is 2.